The van der Waals surface area contributed by atoms with Crippen LogP contribution in [0.3, 0.4) is 0 Å². The molecule has 0 amide bonds. The van der Waals surface area contributed by atoms with Crippen LogP contribution in [-0.4, -0.2) is 30.4 Å². The average Bonchev–Trinajstić information content (AvgIpc) is 3.22. The summed E-state index contributed by atoms with van der Waals surface area (Å²) in [6.07, 6.45) is 19.2. The third-order valence-corrected chi connectivity index (χ3v) is 6.23. The van der Waals surface area contributed by atoms with Crippen molar-refractivity contribution in [2.75, 3.05) is 13.2 Å². The number of nitrogens with one attached hydrogen (secondary N) is 1. The van der Waals surface area contributed by atoms with Crippen LogP contribution in [0.2, 0.25) is 0 Å². The third kappa shape index (κ3) is 11.2. The number of hydrogen-bond donors (Lipinski definition) is 2. The zero-order valence-electron chi connectivity index (χ0n) is 18.8. The fraction of sp³-hybridized carbons (Fsp3) is 0.769. The highest BCUT2D eigenvalue weighted by atomic mass is 16.5. The standard InChI is InChI=1S/C26H45NO2/c1-2-3-4-5-6-7-8-9-10-11-12-13-14-23-15-17-24(18-16-23)22-29-26-19-25(21-28)27-20-26/h15-18,25-28H,2-14,19-22H2,1H3/t25-,26+/m1/s1. The highest BCUT2D eigenvalue weighted by Gasteiger charge is 2.23. The molecule has 1 aromatic carbocycles. The van der Waals surface area contributed by atoms with E-state index in [0.717, 1.165) is 13.0 Å². The number of aryl methyl sites for hydroxylation is 1. The maximum atomic E-state index is 9.17. The van der Waals surface area contributed by atoms with Crippen LogP contribution in [-0.2, 0) is 17.8 Å². The molecule has 1 fully saturated rings. The molecule has 0 unspecified atom stereocenters. The lowest BCUT2D eigenvalue weighted by Crippen LogP contribution is -2.24. The van der Waals surface area contributed by atoms with Gasteiger partial charge in [-0.3, -0.25) is 0 Å². The zero-order chi connectivity index (χ0) is 20.6. The van der Waals surface area contributed by atoms with Crippen molar-refractivity contribution in [2.45, 2.75) is 116 Å². The minimum absolute atomic E-state index is 0.202. The zero-order valence-corrected chi connectivity index (χ0v) is 18.8. The molecule has 1 saturated heterocycles. The number of ether oxygens (including phenoxy) is 1. The van der Waals surface area contributed by atoms with Gasteiger partial charge in [0.05, 0.1) is 19.3 Å². The summed E-state index contributed by atoms with van der Waals surface area (Å²) < 4.78 is 5.97. The van der Waals surface area contributed by atoms with E-state index in [-0.39, 0.29) is 18.8 Å². The lowest BCUT2D eigenvalue weighted by atomic mass is 10.0. The van der Waals surface area contributed by atoms with E-state index < -0.39 is 0 Å². The molecule has 1 aromatic rings. The van der Waals surface area contributed by atoms with E-state index in [0.29, 0.717) is 6.61 Å². The number of unbranched alkanes of at least 4 members (excludes halogenated alkanes) is 11. The van der Waals surface area contributed by atoms with Crippen LogP contribution < -0.4 is 5.32 Å². The Labute approximate surface area is 179 Å². The van der Waals surface area contributed by atoms with Crippen molar-refractivity contribution >= 4 is 0 Å². The summed E-state index contributed by atoms with van der Waals surface area (Å²) in [7, 11) is 0. The van der Waals surface area contributed by atoms with Crippen LogP contribution in [0, 0.1) is 0 Å². The van der Waals surface area contributed by atoms with Crippen LogP contribution >= 0.6 is 0 Å². The monoisotopic (exact) mass is 403 g/mol. The molecule has 0 saturated carbocycles. The molecule has 166 valence electrons. The van der Waals surface area contributed by atoms with Crippen molar-refractivity contribution in [1.29, 1.82) is 0 Å². The van der Waals surface area contributed by atoms with Gasteiger partial charge in [0.25, 0.3) is 0 Å². The number of hydrogen-bond acceptors (Lipinski definition) is 3. The topological polar surface area (TPSA) is 41.5 Å². The summed E-state index contributed by atoms with van der Waals surface area (Å²) >= 11 is 0. The molecule has 0 radical (unpaired) electrons. The molecule has 3 nitrogen and oxygen atoms in total. The number of aliphatic hydroxyl groups excluding tert-OH is 1. The van der Waals surface area contributed by atoms with Crippen LogP contribution in [0.4, 0.5) is 0 Å². The molecule has 2 rings (SSSR count). The van der Waals surface area contributed by atoms with Crippen molar-refractivity contribution in [2.24, 2.45) is 0 Å². The van der Waals surface area contributed by atoms with E-state index in [1.807, 2.05) is 0 Å². The fourth-order valence-corrected chi connectivity index (χ4v) is 4.23. The largest absolute Gasteiger partial charge is 0.395 e. The molecule has 0 spiro atoms. The Balaban J connectivity index is 1.43. The third-order valence-electron chi connectivity index (χ3n) is 6.23. The molecular formula is C26H45NO2. The van der Waals surface area contributed by atoms with Crippen molar-refractivity contribution in [1.82, 2.24) is 5.32 Å². The minimum atomic E-state index is 0.202. The molecule has 29 heavy (non-hydrogen) atoms. The molecule has 0 aliphatic carbocycles. The van der Waals surface area contributed by atoms with Gasteiger partial charge in [0.2, 0.25) is 0 Å². The molecule has 1 aliphatic rings. The van der Waals surface area contributed by atoms with Gasteiger partial charge in [-0.25, -0.2) is 0 Å². The molecular weight excluding hydrogens is 358 g/mol. The first-order valence-electron chi connectivity index (χ1n) is 12.4. The van der Waals surface area contributed by atoms with E-state index in [9.17, 15) is 0 Å². The highest BCUT2D eigenvalue weighted by Crippen LogP contribution is 2.16. The van der Waals surface area contributed by atoms with Gasteiger partial charge in [-0.15, -0.1) is 0 Å². The van der Waals surface area contributed by atoms with Gasteiger partial charge in [-0.1, -0.05) is 102 Å². The quantitative estimate of drug-likeness (QED) is 0.306. The van der Waals surface area contributed by atoms with Crippen LogP contribution in [0.1, 0.15) is 102 Å². The lowest BCUT2D eigenvalue weighted by molar-refractivity contribution is 0.0512. The van der Waals surface area contributed by atoms with Gasteiger partial charge in [-0.2, -0.15) is 0 Å². The Morgan fingerprint density at radius 1 is 0.828 bits per heavy atom. The Morgan fingerprint density at radius 3 is 1.93 bits per heavy atom. The van der Waals surface area contributed by atoms with Crippen molar-refractivity contribution in [3.05, 3.63) is 35.4 Å². The molecule has 2 N–H and O–H groups in total. The Kier molecular flexibility index (Phi) is 13.3. The van der Waals surface area contributed by atoms with Crippen molar-refractivity contribution < 1.29 is 9.84 Å². The molecule has 0 aromatic heterocycles. The number of aliphatic hydroxyl groups is 1. The van der Waals surface area contributed by atoms with Gasteiger partial charge in [0, 0.05) is 12.6 Å². The van der Waals surface area contributed by atoms with E-state index >= 15 is 0 Å². The first-order chi connectivity index (χ1) is 14.3. The van der Waals surface area contributed by atoms with Gasteiger partial charge in [-0.05, 0) is 30.4 Å². The SMILES string of the molecule is CCCCCCCCCCCCCCc1ccc(CO[C@@H]2CN[C@@H](CO)C2)cc1. The van der Waals surface area contributed by atoms with Crippen molar-refractivity contribution in [3.8, 4) is 0 Å². The molecule has 0 bridgehead atoms. The normalized spacial score (nSPS) is 19.1. The van der Waals surface area contributed by atoms with Gasteiger partial charge in [0.1, 0.15) is 0 Å². The summed E-state index contributed by atoms with van der Waals surface area (Å²) in [4.78, 5) is 0. The molecule has 1 aliphatic heterocycles. The van der Waals surface area contributed by atoms with Gasteiger partial charge < -0.3 is 15.2 Å². The predicted molar refractivity (Wildman–Crippen MR) is 123 cm³/mol. The Morgan fingerprint density at radius 2 is 1.38 bits per heavy atom. The van der Waals surface area contributed by atoms with E-state index in [4.69, 9.17) is 9.84 Å². The minimum Gasteiger partial charge on any atom is -0.395 e. The molecule has 3 heteroatoms. The number of benzene rings is 1. The Hall–Kier alpha value is -0.900. The lowest BCUT2D eigenvalue weighted by Gasteiger charge is -2.11. The maximum absolute atomic E-state index is 9.17. The average molecular weight is 404 g/mol. The summed E-state index contributed by atoms with van der Waals surface area (Å²) in [5.74, 6) is 0. The maximum Gasteiger partial charge on any atom is 0.0721 e. The first kappa shape index (κ1) is 24.4. The summed E-state index contributed by atoms with van der Waals surface area (Å²) in [5.41, 5.74) is 2.69. The van der Waals surface area contributed by atoms with Gasteiger partial charge >= 0.3 is 0 Å². The van der Waals surface area contributed by atoms with Crippen molar-refractivity contribution in [3.63, 3.8) is 0 Å². The molecule has 2 atom stereocenters. The second kappa shape index (κ2) is 15.9. The predicted octanol–water partition coefficient (Wildman–Crippen LogP) is 6.17. The van der Waals surface area contributed by atoms with Gasteiger partial charge in [0.15, 0.2) is 0 Å². The summed E-state index contributed by atoms with van der Waals surface area (Å²) in [5, 5.41) is 12.5. The second-order valence-corrected chi connectivity index (χ2v) is 8.91. The number of rotatable bonds is 17. The first-order valence-corrected chi connectivity index (χ1v) is 12.4. The van der Waals surface area contributed by atoms with Crippen LogP contribution in [0.15, 0.2) is 24.3 Å². The second-order valence-electron chi connectivity index (χ2n) is 8.91. The summed E-state index contributed by atoms with van der Waals surface area (Å²) in [6, 6.07) is 9.16. The van der Waals surface area contributed by atoms with E-state index in [1.165, 1.54) is 94.6 Å². The Bertz CT molecular complexity index is 502. The molecule has 1 heterocycles. The van der Waals surface area contributed by atoms with E-state index in [2.05, 4.69) is 36.5 Å². The van der Waals surface area contributed by atoms with E-state index in [1.54, 1.807) is 0 Å². The van der Waals surface area contributed by atoms with Crippen LogP contribution in [0.5, 0.6) is 0 Å². The van der Waals surface area contributed by atoms with Crippen LogP contribution in [0.25, 0.3) is 0 Å². The smallest absolute Gasteiger partial charge is 0.0721 e. The fourth-order valence-electron chi connectivity index (χ4n) is 4.23. The highest BCUT2D eigenvalue weighted by molar-refractivity contribution is 5.22. The summed E-state index contributed by atoms with van der Waals surface area (Å²) in [6.45, 7) is 4.01.